The fourth-order valence-electron chi connectivity index (χ4n) is 1.87. The van der Waals surface area contributed by atoms with Gasteiger partial charge in [0, 0.05) is 0 Å². The van der Waals surface area contributed by atoms with Gasteiger partial charge in [-0.25, -0.2) is 8.78 Å². The SMILES string of the molecule is Cc1cccc(C)c1OCc1c(F)ccc(Br)c1F. The summed E-state index contributed by atoms with van der Waals surface area (Å²) in [6, 6.07) is 8.27. The number of halogens is 3. The molecule has 0 saturated carbocycles. The molecule has 2 aromatic carbocycles. The quantitative estimate of drug-likeness (QED) is 0.727. The first-order valence-corrected chi connectivity index (χ1v) is 6.61. The van der Waals surface area contributed by atoms with Gasteiger partial charge in [-0.05, 0) is 53.0 Å². The average molecular weight is 327 g/mol. The molecule has 19 heavy (non-hydrogen) atoms. The van der Waals surface area contributed by atoms with Gasteiger partial charge in [-0.15, -0.1) is 0 Å². The van der Waals surface area contributed by atoms with Crippen molar-refractivity contribution in [1.29, 1.82) is 0 Å². The fraction of sp³-hybridized carbons (Fsp3) is 0.200. The number of ether oxygens (including phenoxy) is 1. The lowest BCUT2D eigenvalue weighted by Gasteiger charge is -2.13. The maximum Gasteiger partial charge on any atom is 0.146 e. The Bertz CT molecular complexity index is 591. The number of aryl methyl sites for hydroxylation is 2. The van der Waals surface area contributed by atoms with E-state index >= 15 is 0 Å². The Morgan fingerprint density at radius 3 is 2.32 bits per heavy atom. The van der Waals surface area contributed by atoms with Gasteiger partial charge in [-0.1, -0.05) is 18.2 Å². The first-order chi connectivity index (χ1) is 9.00. The van der Waals surface area contributed by atoms with E-state index in [0.29, 0.717) is 5.75 Å². The minimum absolute atomic E-state index is 0.0722. The standard InChI is InChI=1S/C15H13BrF2O/c1-9-4-3-5-10(2)15(9)19-8-11-13(17)7-6-12(16)14(11)18/h3-7H,8H2,1-2H3. The summed E-state index contributed by atoms with van der Waals surface area (Å²) in [4.78, 5) is 0. The molecule has 0 aliphatic carbocycles. The Balaban J connectivity index is 2.27. The van der Waals surface area contributed by atoms with Crippen molar-refractivity contribution in [2.45, 2.75) is 20.5 Å². The van der Waals surface area contributed by atoms with E-state index < -0.39 is 11.6 Å². The van der Waals surface area contributed by atoms with E-state index in [2.05, 4.69) is 15.9 Å². The van der Waals surface area contributed by atoms with Crippen molar-refractivity contribution in [2.75, 3.05) is 0 Å². The van der Waals surface area contributed by atoms with Gasteiger partial charge in [-0.3, -0.25) is 0 Å². The predicted octanol–water partition coefficient (Wildman–Crippen LogP) is 4.92. The molecule has 0 heterocycles. The smallest absolute Gasteiger partial charge is 0.146 e. The first-order valence-electron chi connectivity index (χ1n) is 5.82. The summed E-state index contributed by atoms with van der Waals surface area (Å²) in [5, 5.41) is 0. The molecule has 100 valence electrons. The molecule has 0 aliphatic heterocycles. The molecule has 0 aliphatic rings. The molecule has 4 heteroatoms. The largest absolute Gasteiger partial charge is 0.488 e. The first kappa shape index (κ1) is 14.0. The Labute approximate surface area is 119 Å². The number of hydrogen-bond acceptors (Lipinski definition) is 1. The van der Waals surface area contributed by atoms with E-state index in [0.717, 1.165) is 11.1 Å². The van der Waals surface area contributed by atoms with Crippen LogP contribution in [0.2, 0.25) is 0 Å². The molecule has 0 bridgehead atoms. The highest BCUT2D eigenvalue weighted by Crippen LogP contribution is 2.26. The molecule has 0 fully saturated rings. The third-order valence-electron chi connectivity index (χ3n) is 2.91. The van der Waals surface area contributed by atoms with Crippen molar-refractivity contribution in [1.82, 2.24) is 0 Å². The summed E-state index contributed by atoms with van der Waals surface area (Å²) < 4.78 is 33.2. The van der Waals surface area contributed by atoms with Gasteiger partial charge in [0.05, 0.1) is 10.0 Å². The molecule has 0 amide bonds. The summed E-state index contributed by atoms with van der Waals surface area (Å²) in [7, 11) is 0. The van der Waals surface area contributed by atoms with Crippen LogP contribution in [0.5, 0.6) is 5.75 Å². The van der Waals surface area contributed by atoms with Crippen molar-refractivity contribution in [3.8, 4) is 5.75 Å². The summed E-state index contributed by atoms with van der Waals surface area (Å²) in [6.07, 6.45) is 0. The average Bonchev–Trinajstić information content (AvgIpc) is 2.37. The zero-order valence-electron chi connectivity index (χ0n) is 10.6. The number of rotatable bonds is 3. The second-order valence-electron chi connectivity index (χ2n) is 4.33. The third-order valence-corrected chi connectivity index (χ3v) is 3.52. The van der Waals surface area contributed by atoms with E-state index in [1.54, 1.807) is 0 Å². The van der Waals surface area contributed by atoms with Crippen LogP contribution in [0, 0.1) is 25.5 Å². The van der Waals surface area contributed by atoms with Crippen LogP contribution in [0.1, 0.15) is 16.7 Å². The highest BCUT2D eigenvalue weighted by Gasteiger charge is 2.14. The molecule has 2 aromatic rings. The van der Waals surface area contributed by atoms with Gasteiger partial charge in [0.25, 0.3) is 0 Å². The molecular formula is C15H13BrF2O. The van der Waals surface area contributed by atoms with E-state index in [1.165, 1.54) is 12.1 Å². The lowest BCUT2D eigenvalue weighted by Crippen LogP contribution is -2.04. The Morgan fingerprint density at radius 2 is 1.68 bits per heavy atom. The van der Waals surface area contributed by atoms with Gasteiger partial charge in [-0.2, -0.15) is 0 Å². The molecule has 0 unspecified atom stereocenters. The van der Waals surface area contributed by atoms with Gasteiger partial charge in [0.2, 0.25) is 0 Å². The minimum atomic E-state index is -0.619. The van der Waals surface area contributed by atoms with Crippen LogP contribution >= 0.6 is 15.9 Å². The van der Waals surface area contributed by atoms with Gasteiger partial charge >= 0.3 is 0 Å². The van der Waals surface area contributed by atoms with E-state index in [1.807, 2.05) is 32.0 Å². The van der Waals surface area contributed by atoms with Crippen molar-refractivity contribution < 1.29 is 13.5 Å². The Kier molecular flexibility index (Phi) is 4.20. The second kappa shape index (κ2) is 5.70. The zero-order valence-corrected chi connectivity index (χ0v) is 12.2. The van der Waals surface area contributed by atoms with Gasteiger partial charge in [0.1, 0.15) is 24.0 Å². The lowest BCUT2D eigenvalue weighted by atomic mass is 10.1. The molecule has 0 aromatic heterocycles. The molecule has 0 spiro atoms. The number of benzene rings is 2. The molecule has 0 atom stereocenters. The number of para-hydroxylation sites is 1. The molecule has 0 saturated heterocycles. The van der Waals surface area contributed by atoms with Crippen molar-refractivity contribution >= 4 is 15.9 Å². The van der Waals surface area contributed by atoms with Crippen LogP contribution in [0.15, 0.2) is 34.8 Å². The van der Waals surface area contributed by atoms with E-state index in [-0.39, 0.29) is 16.6 Å². The Morgan fingerprint density at radius 1 is 1.05 bits per heavy atom. The number of hydrogen-bond donors (Lipinski definition) is 0. The summed E-state index contributed by atoms with van der Waals surface area (Å²) in [5.41, 5.74) is 1.81. The van der Waals surface area contributed by atoms with Crippen LogP contribution < -0.4 is 4.74 Å². The van der Waals surface area contributed by atoms with Crippen LogP contribution in [-0.4, -0.2) is 0 Å². The molecule has 1 nitrogen and oxygen atoms in total. The molecular weight excluding hydrogens is 314 g/mol. The summed E-state index contributed by atoms with van der Waals surface area (Å²) >= 11 is 3.04. The van der Waals surface area contributed by atoms with E-state index in [9.17, 15) is 8.78 Å². The van der Waals surface area contributed by atoms with Crippen LogP contribution in [0.3, 0.4) is 0 Å². The van der Waals surface area contributed by atoms with Crippen molar-refractivity contribution in [2.24, 2.45) is 0 Å². The van der Waals surface area contributed by atoms with Crippen LogP contribution in [0.4, 0.5) is 8.78 Å². The van der Waals surface area contributed by atoms with Crippen molar-refractivity contribution in [3.05, 3.63) is 63.1 Å². The van der Waals surface area contributed by atoms with Crippen LogP contribution in [0.25, 0.3) is 0 Å². The van der Waals surface area contributed by atoms with E-state index in [4.69, 9.17) is 4.74 Å². The van der Waals surface area contributed by atoms with Gasteiger partial charge < -0.3 is 4.74 Å². The lowest BCUT2D eigenvalue weighted by molar-refractivity contribution is 0.288. The van der Waals surface area contributed by atoms with Crippen LogP contribution in [-0.2, 0) is 6.61 Å². The topological polar surface area (TPSA) is 9.23 Å². The Hall–Kier alpha value is -1.42. The predicted molar refractivity (Wildman–Crippen MR) is 74.3 cm³/mol. The highest BCUT2D eigenvalue weighted by atomic mass is 79.9. The maximum atomic E-state index is 13.8. The second-order valence-corrected chi connectivity index (χ2v) is 5.19. The zero-order chi connectivity index (χ0) is 14.0. The maximum absolute atomic E-state index is 13.8. The molecule has 0 radical (unpaired) electrons. The summed E-state index contributed by atoms with van der Waals surface area (Å²) in [6.45, 7) is 3.66. The molecule has 0 N–H and O–H groups in total. The van der Waals surface area contributed by atoms with Crippen molar-refractivity contribution in [3.63, 3.8) is 0 Å². The monoisotopic (exact) mass is 326 g/mol. The minimum Gasteiger partial charge on any atom is -0.488 e. The molecule has 2 rings (SSSR count). The van der Waals surface area contributed by atoms with Gasteiger partial charge in [0.15, 0.2) is 0 Å². The third kappa shape index (κ3) is 2.95. The highest BCUT2D eigenvalue weighted by molar-refractivity contribution is 9.10. The summed E-state index contributed by atoms with van der Waals surface area (Å²) in [5.74, 6) is -0.556. The normalized spacial score (nSPS) is 10.6. The fourth-order valence-corrected chi connectivity index (χ4v) is 2.24.